The number of morpholine rings is 1. The van der Waals surface area contributed by atoms with Crippen LogP contribution in [0, 0.1) is 5.92 Å². The van der Waals surface area contributed by atoms with Gasteiger partial charge in [-0.3, -0.25) is 9.69 Å². The SMILES string of the molecule is O=C(C1CCN(Cc2ncc(-c3ccccc3)o2)CC1)N1CCOCC1. The third-order valence-corrected chi connectivity index (χ3v) is 5.23. The van der Waals surface area contributed by atoms with Gasteiger partial charge in [-0.25, -0.2) is 4.98 Å². The third kappa shape index (κ3) is 3.97. The average molecular weight is 355 g/mol. The van der Waals surface area contributed by atoms with Crippen LogP contribution in [-0.2, 0) is 16.1 Å². The maximum atomic E-state index is 12.6. The molecule has 2 aromatic rings. The van der Waals surface area contributed by atoms with Crippen molar-refractivity contribution < 1.29 is 13.9 Å². The molecule has 2 fully saturated rings. The van der Waals surface area contributed by atoms with Crippen LogP contribution in [0.3, 0.4) is 0 Å². The molecular formula is C20H25N3O3. The van der Waals surface area contributed by atoms with Gasteiger partial charge in [0.1, 0.15) is 0 Å². The fraction of sp³-hybridized carbons (Fsp3) is 0.500. The summed E-state index contributed by atoms with van der Waals surface area (Å²) in [5.41, 5.74) is 1.04. The number of benzene rings is 1. The second-order valence-corrected chi connectivity index (χ2v) is 6.97. The topological polar surface area (TPSA) is 58.8 Å². The highest BCUT2D eigenvalue weighted by atomic mass is 16.5. The van der Waals surface area contributed by atoms with Gasteiger partial charge in [0.2, 0.25) is 11.8 Å². The normalized spacial score (nSPS) is 19.6. The number of piperidine rings is 1. The molecule has 138 valence electrons. The van der Waals surface area contributed by atoms with Crippen molar-refractivity contribution in [3.05, 3.63) is 42.4 Å². The first kappa shape index (κ1) is 17.2. The standard InChI is InChI=1S/C20H25N3O3/c24-20(23-10-12-25-13-11-23)17-6-8-22(9-7-17)15-19-21-14-18(26-19)16-4-2-1-3-5-16/h1-5,14,17H,6-13,15H2. The molecule has 2 saturated heterocycles. The first-order valence-corrected chi connectivity index (χ1v) is 9.38. The molecule has 2 aliphatic heterocycles. The molecule has 0 radical (unpaired) electrons. The number of likely N-dealkylation sites (tertiary alicyclic amines) is 1. The molecule has 0 saturated carbocycles. The van der Waals surface area contributed by atoms with E-state index in [0.29, 0.717) is 25.7 Å². The van der Waals surface area contributed by atoms with Gasteiger partial charge in [0.15, 0.2) is 5.76 Å². The zero-order chi connectivity index (χ0) is 17.8. The molecule has 3 heterocycles. The highest BCUT2D eigenvalue weighted by Gasteiger charge is 2.29. The Balaban J connectivity index is 1.29. The van der Waals surface area contributed by atoms with Crippen LogP contribution in [0.4, 0.5) is 0 Å². The summed E-state index contributed by atoms with van der Waals surface area (Å²) in [7, 11) is 0. The Morgan fingerprint density at radius 3 is 2.54 bits per heavy atom. The fourth-order valence-corrected chi connectivity index (χ4v) is 3.69. The number of rotatable bonds is 4. The van der Waals surface area contributed by atoms with E-state index in [2.05, 4.69) is 9.88 Å². The Bertz CT molecular complexity index is 717. The zero-order valence-electron chi connectivity index (χ0n) is 15.0. The minimum Gasteiger partial charge on any atom is -0.439 e. The molecule has 6 heteroatoms. The van der Waals surface area contributed by atoms with E-state index in [4.69, 9.17) is 9.15 Å². The van der Waals surface area contributed by atoms with Crippen LogP contribution in [0.1, 0.15) is 18.7 Å². The van der Waals surface area contributed by atoms with Crippen LogP contribution < -0.4 is 0 Å². The number of carbonyl (C=O) groups excluding carboxylic acids is 1. The predicted molar refractivity (Wildman–Crippen MR) is 97.3 cm³/mol. The summed E-state index contributed by atoms with van der Waals surface area (Å²) in [5, 5.41) is 0. The molecule has 0 bridgehead atoms. The van der Waals surface area contributed by atoms with E-state index in [9.17, 15) is 4.79 Å². The molecule has 0 aliphatic carbocycles. The third-order valence-electron chi connectivity index (χ3n) is 5.23. The van der Waals surface area contributed by atoms with Crippen LogP contribution in [0.15, 0.2) is 40.9 Å². The van der Waals surface area contributed by atoms with E-state index in [1.165, 1.54) is 0 Å². The minimum atomic E-state index is 0.147. The Morgan fingerprint density at radius 1 is 1.08 bits per heavy atom. The lowest BCUT2D eigenvalue weighted by molar-refractivity contribution is -0.141. The van der Waals surface area contributed by atoms with Gasteiger partial charge in [-0.15, -0.1) is 0 Å². The Labute approximate surface area is 153 Å². The van der Waals surface area contributed by atoms with Crippen molar-refractivity contribution in [2.75, 3.05) is 39.4 Å². The molecule has 6 nitrogen and oxygen atoms in total. The van der Waals surface area contributed by atoms with Crippen LogP contribution in [0.5, 0.6) is 0 Å². The molecule has 2 aliphatic rings. The lowest BCUT2D eigenvalue weighted by atomic mass is 9.95. The molecule has 4 rings (SSSR count). The van der Waals surface area contributed by atoms with Gasteiger partial charge >= 0.3 is 0 Å². The number of aromatic nitrogens is 1. The summed E-state index contributed by atoms with van der Waals surface area (Å²) in [6, 6.07) is 10.0. The number of oxazole rings is 1. The highest BCUT2D eigenvalue weighted by Crippen LogP contribution is 2.24. The van der Waals surface area contributed by atoms with Crippen LogP contribution in [-0.4, -0.2) is 60.1 Å². The highest BCUT2D eigenvalue weighted by molar-refractivity contribution is 5.79. The summed E-state index contributed by atoms with van der Waals surface area (Å²) in [6.07, 6.45) is 3.60. The zero-order valence-corrected chi connectivity index (χ0v) is 15.0. The second kappa shape index (κ2) is 8.01. The van der Waals surface area contributed by atoms with Crippen molar-refractivity contribution in [2.45, 2.75) is 19.4 Å². The quantitative estimate of drug-likeness (QED) is 0.843. The summed E-state index contributed by atoms with van der Waals surface area (Å²) in [6.45, 7) is 5.31. The van der Waals surface area contributed by atoms with E-state index < -0.39 is 0 Å². The van der Waals surface area contributed by atoms with Crippen molar-refractivity contribution in [3.8, 4) is 11.3 Å². The molecule has 1 aromatic heterocycles. The fourth-order valence-electron chi connectivity index (χ4n) is 3.69. The summed E-state index contributed by atoms with van der Waals surface area (Å²) < 4.78 is 11.2. The molecule has 0 unspecified atom stereocenters. The van der Waals surface area contributed by atoms with Crippen molar-refractivity contribution in [3.63, 3.8) is 0 Å². The maximum Gasteiger partial charge on any atom is 0.225 e. The number of ether oxygens (including phenoxy) is 1. The summed E-state index contributed by atoms with van der Waals surface area (Å²) >= 11 is 0. The Kier molecular flexibility index (Phi) is 5.32. The van der Waals surface area contributed by atoms with Gasteiger partial charge in [-0.05, 0) is 25.9 Å². The smallest absolute Gasteiger partial charge is 0.225 e. The number of carbonyl (C=O) groups is 1. The predicted octanol–water partition coefficient (Wildman–Crippen LogP) is 2.41. The molecule has 1 amide bonds. The first-order valence-electron chi connectivity index (χ1n) is 9.38. The Hall–Kier alpha value is -2.18. The lowest BCUT2D eigenvalue weighted by Gasteiger charge is -2.35. The van der Waals surface area contributed by atoms with E-state index in [0.717, 1.165) is 56.2 Å². The van der Waals surface area contributed by atoms with Crippen molar-refractivity contribution in [1.82, 2.24) is 14.8 Å². The van der Waals surface area contributed by atoms with Crippen LogP contribution >= 0.6 is 0 Å². The number of amides is 1. The lowest BCUT2D eigenvalue weighted by Crippen LogP contribution is -2.46. The molecule has 1 aromatic carbocycles. The average Bonchev–Trinajstić information content (AvgIpc) is 3.18. The van der Waals surface area contributed by atoms with Crippen molar-refractivity contribution in [2.24, 2.45) is 5.92 Å². The van der Waals surface area contributed by atoms with E-state index in [-0.39, 0.29) is 5.92 Å². The van der Waals surface area contributed by atoms with E-state index in [1.807, 2.05) is 35.2 Å². The van der Waals surface area contributed by atoms with Gasteiger partial charge in [0.25, 0.3) is 0 Å². The van der Waals surface area contributed by atoms with Crippen molar-refractivity contribution in [1.29, 1.82) is 0 Å². The van der Waals surface area contributed by atoms with Crippen molar-refractivity contribution >= 4 is 5.91 Å². The molecule has 0 N–H and O–H groups in total. The number of hydrogen-bond donors (Lipinski definition) is 0. The van der Waals surface area contributed by atoms with Crippen LogP contribution in [0.2, 0.25) is 0 Å². The van der Waals surface area contributed by atoms with Gasteiger partial charge in [-0.1, -0.05) is 30.3 Å². The number of hydrogen-bond acceptors (Lipinski definition) is 5. The summed E-state index contributed by atoms with van der Waals surface area (Å²) in [5.74, 6) is 1.99. The monoisotopic (exact) mass is 355 g/mol. The molecule has 26 heavy (non-hydrogen) atoms. The van der Waals surface area contributed by atoms with Gasteiger partial charge in [0, 0.05) is 24.6 Å². The van der Waals surface area contributed by atoms with Gasteiger partial charge in [0.05, 0.1) is 26.0 Å². The molecule has 0 spiro atoms. The van der Waals surface area contributed by atoms with Crippen LogP contribution in [0.25, 0.3) is 11.3 Å². The second-order valence-electron chi connectivity index (χ2n) is 6.97. The number of nitrogens with zero attached hydrogens (tertiary/aromatic N) is 3. The van der Waals surface area contributed by atoms with Gasteiger partial charge < -0.3 is 14.1 Å². The first-order chi connectivity index (χ1) is 12.8. The van der Waals surface area contributed by atoms with E-state index >= 15 is 0 Å². The van der Waals surface area contributed by atoms with Gasteiger partial charge in [-0.2, -0.15) is 0 Å². The largest absolute Gasteiger partial charge is 0.439 e. The van der Waals surface area contributed by atoms with E-state index in [1.54, 1.807) is 6.20 Å². The summed E-state index contributed by atoms with van der Waals surface area (Å²) in [4.78, 5) is 21.3. The minimum absolute atomic E-state index is 0.147. The molecule has 0 atom stereocenters. The maximum absolute atomic E-state index is 12.6. The Morgan fingerprint density at radius 2 is 1.81 bits per heavy atom. The molecular weight excluding hydrogens is 330 g/mol.